The fourth-order valence-corrected chi connectivity index (χ4v) is 3.00. The van der Waals surface area contributed by atoms with Crippen molar-refractivity contribution < 1.29 is 0 Å². The first-order valence-electron chi connectivity index (χ1n) is 6.75. The maximum Gasteiger partial charge on any atom is 0.259 e. The molecule has 0 aromatic carbocycles. The lowest BCUT2D eigenvalue weighted by Crippen LogP contribution is -2.28. The van der Waals surface area contributed by atoms with Crippen LogP contribution in [0, 0.1) is 0 Å². The molecule has 0 amide bonds. The molecule has 108 valence electrons. The summed E-state index contributed by atoms with van der Waals surface area (Å²) in [6.07, 6.45) is 0. The zero-order valence-corrected chi connectivity index (χ0v) is 13.5. The van der Waals surface area contributed by atoms with Crippen LogP contribution < -0.4 is 10.9 Å². The zero-order valence-electron chi connectivity index (χ0n) is 12.7. The lowest BCUT2D eigenvalue weighted by Gasteiger charge is -2.22. The molecule has 0 bridgehead atoms. The maximum absolute atomic E-state index is 12.5. The van der Waals surface area contributed by atoms with Crippen molar-refractivity contribution in [3.63, 3.8) is 0 Å². The van der Waals surface area contributed by atoms with Gasteiger partial charge in [0, 0.05) is 30.1 Å². The summed E-state index contributed by atoms with van der Waals surface area (Å²) in [6, 6.07) is 3.90. The van der Waals surface area contributed by atoms with E-state index in [0.717, 1.165) is 23.1 Å². The zero-order chi connectivity index (χ0) is 14.9. The van der Waals surface area contributed by atoms with Crippen molar-refractivity contribution >= 4 is 16.5 Å². The molecule has 0 radical (unpaired) electrons. The van der Waals surface area contributed by atoms with Crippen molar-refractivity contribution in [2.24, 2.45) is 7.05 Å². The molecule has 1 N–H and O–H groups in total. The standard InChI is InChI=1S/C15H21N3OS/c1-6-16-14-17-11(9-20-14)10-7-8-12(15(2,3)4)18(5)13(10)19/h7-9H,6H2,1-5H3,(H,16,17). The first-order valence-corrected chi connectivity index (χ1v) is 7.63. The van der Waals surface area contributed by atoms with E-state index in [1.165, 1.54) is 11.3 Å². The third kappa shape index (κ3) is 2.77. The van der Waals surface area contributed by atoms with Crippen LogP contribution in [0.1, 0.15) is 33.4 Å². The van der Waals surface area contributed by atoms with E-state index in [4.69, 9.17) is 0 Å². The molecule has 2 rings (SSSR count). The highest BCUT2D eigenvalue weighted by molar-refractivity contribution is 7.14. The van der Waals surface area contributed by atoms with E-state index >= 15 is 0 Å². The summed E-state index contributed by atoms with van der Waals surface area (Å²) in [5, 5.41) is 5.94. The van der Waals surface area contributed by atoms with E-state index in [0.29, 0.717) is 5.56 Å². The Balaban J connectivity index is 2.48. The number of thiazole rings is 1. The Morgan fingerprint density at radius 2 is 2.05 bits per heavy atom. The average molecular weight is 291 g/mol. The lowest BCUT2D eigenvalue weighted by molar-refractivity contribution is 0.531. The SMILES string of the molecule is CCNc1nc(-c2ccc(C(C)(C)C)n(C)c2=O)cs1. The number of nitrogens with one attached hydrogen (secondary N) is 1. The molecule has 20 heavy (non-hydrogen) atoms. The molecule has 0 spiro atoms. The average Bonchev–Trinajstić information content (AvgIpc) is 2.80. The number of pyridine rings is 1. The quantitative estimate of drug-likeness (QED) is 0.944. The minimum Gasteiger partial charge on any atom is -0.362 e. The van der Waals surface area contributed by atoms with E-state index in [1.54, 1.807) is 4.57 Å². The highest BCUT2D eigenvalue weighted by Gasteiger charge is 2.19. The van der Waals surface area contributed by atoms with Crippen molar-refractivity contribution in [3.05, 3.63) is 33.6 Å². The molecule has 2 aromatic heterocycles. The number of hydrogen-bond acceptors (Lipinski definition) is 4. The highest BCUT2D eigenvalue weighted by atomic mass is 32.1. The Kier molecular flexibility index (Phi) is 3.99. The van der Waals surface area contributed by atoms with Gasteiger partial charge in [0.05, 0.1) is 11.3 Å². The summed E-state index contributed by atoms with van der Waals surface area (Å²) in [7, 11) is 1.82. The molecule has 0 fully saturated rings. The van der Waals surface area contributed by atoms with E-state index in [1.807, 2.05) is 31.5 Å². The molecule has 0 aliphatic rings. The van der Waals surface area contributed by atoms with Crippen LogP contribution in [0.4, 0.5) is 5.13 Å². The van der Waals surface area contributed by atoms with Gasteiger partial charge in [-0.15, -0.1) is 11.3 Å². The molecule has 0 unspecified atom stereocenters. The van der Waals surface area contributed by atoms with E-state index in [2.05, 4.69) is 31.1 Å². The van der Waals surface area contributed by atoms with Crippen molar-refractivity contribution in [2.45, 2.75) is 33.1 Å². The summed E-state index contributed by atoms with van der Waals surface area (Å²) >= 11 is 1.52. The molecule has 0 aliphatic heterocycles. The van der Waals surface area contributed by atoms with Gasteiger partial charge in [-0.2, -0.15) is 0 Å². The number of rotatable bonds is 3. The fourth-order valence-electron chi connectivity index (χ4n) is 2.21. The highest BCUT2D eigenvalue weighted by Crippen LogP contribution is 2.25. The summed E-state index contributed by atoms with van der Waals surface area (Å²) in [4.78, 5) is 17.0. The van der Waals surface area contributed by atoms with Crippen molar-refractivity contribution in [3.8, 4) is 11.3 Å². The predicted molar refractivity (Wildman–Crippen MR) is 85.7 cm³/mol. The monoisotopic (exact) mass is 291 g/mol. The Morgan fingerprint density at radius 1 is 1.35 bits per heavy atom. The van der Waals surface area contributed by atoms with Crippen LogP contribution in [-0.4, -0.2) is 16.1 Å². The Bertz CT molecular complexity index is 664. The minimum absolute atomic E-state index is 0.00535. The van der Waals surface area contributed by atoms with Gasteiger partial charge >= 0.3 is 0 Å². The smallest absolute Gasteiger partial charge is 0.259 e. The van der Waals surface area contributed by atoms with Gasteiger partial charge in [0.15, 0.2) is 5.13 Å². The van der Waals surface area contributed by atoms with Crippen molar-refractivity contribution in [1.82, 2.24) is 9.55 Å². The van der Waals surface area contributed by atoms with Crippen LogP contribution in [-0.2, 0) is 12.5 Å². The number of nitrogens with zero attached hydrogens (tertiary/aromatic N) is 2. The van der Waals surface area contributed by atoms with Crippen molar-refractivity contribution in [1.29, 1.82) is 0 Å². The summed E-state index contributed by atoms with van der Waals surface area (Å²) in [5.74, 6) is 0. The third-order valence-corrected chi connectivity index (χ3v) is 3.98. The maximum atomic E-state index is 12.5. The van der Waals surface area contributed by atoms with Gasteiger partial charge in [0.1, 0.15) is 0 Å². The molecule has 0 aliphatic carbocycles. The molecule has 0 saturated carbocycles. The van der Waals surface area contributed by atoms with E-state index in [9.17, 15) is 4.79 Å². The van der Waals surface area contributed by atoms with Crippen LogP contribution in [0.3, 0.4) is 0 Å². The second-order valence-electron chi connectivity index (χ2n) is 5.81. The third-order valence-electron chi connectivity index (χ3n) is 3.18. The van der Waals surface area contributed by atoms with Gasteiger partial charge in [0.25, 0.3) is 5.56 Å². The molecule has 4 nitrogen and oxygen atoms in total. The van der Waals surface area contributed by atoms with Crippen molar-refractivity contribution in [2.75, 3.05) is 11.9 Å². The molecule has 2 heterocycles. The Labute approximate surface area is 123 Å². The summed E-state index contributed by atoms with van der Waals surface area (Å²) < 4.78 is 1.72. The van der Waals surface area contributed by atoms with Crippen LogP contribution >= 0.6 is 11.3 Å². The topological polar surface area (TPSA) is 46.9 Å². The minimum atomic E-state index is -0.0521. The first kappa shape index (κ1) is 14.8. The van der Waals surface area contributed by atoms with Crippen LogP contribution in [0.5, 0.6) is 0 Å². The molecular formula is C15H21N3OS. The lowest BCUT2D eigenvalue weighted by atomic mass is 9.91. The van der Waals surface area contributed by atoms with Gasteiger partial charge in [-0.05, 0) is 19.1 Å². The Morgan fingerprint density at radius 3 is 2.65 bits per heavy atom. The molecule has 5 heteroatoms. The summed E-state index contributed by atoms with van der Waals surface area (Å²) in [5.41, 5.74) is 2.37. The van der Waals surface area contributed by atoms with Gasteiger partial charge in [-0.25, -0.2) is 4.98 Å². The number of aromatic nitrogens is 2. The van der Waals surface area contributed by atoms with E-state index in [-0.39, 0.29) is 11.0 Å². The summed E-state index contributed by atoms with van der Waals surface area (Å²) in [6.45, 7) is 9.17. The molecular weight excluding hydrogens is 270 g/mol. The largest absolute Gasteiger partial charge is 0.362 e. The van der Waals surface area contributed by atoms with Gasteiger partial charge in [-0.3, -0.25) is 4.79 Å². The first-order chi connectivity index (χ1) is 9.34. The fraction of sp³-hybridized carbons (Fsp3) is 0.467. The normalized spacial score (nSPS) is 11.7. The van der Waals surface area contributed by atoms with Gasteiger partial charge in [-0.1, -0.05) is 20.8 Å². The molecule has 0 saturated heterocycles. The van der Waals surface area contributed by atoms with Gasteiger partial charge in [0.2, 0.25) is 0 Å². The van der Waals surface area contributed by atoms with Crippen LogP contribution in [0.25, 0.3) is 11.3 Å². The molecule has 0 atom stereocenters. The Hall–Kier alpha value is -1.62. The predicted octanol–water partition coefficient (Wildman–Crippen LogP) is 3.24. The van der Waals surface area contributed by atoms with Gasteiger partial charge < -0.3 is 9.88 Å². The van der Waals surface area contributed by atoms with Crippen LogP contribution in [0.2, 0.25) is 0 Å². The second kappa shape index (κ2) is 5.40. The van der Waals surface area contributed by atoms with Crippen LogP contribution in [0.15, 0.2) is 22.3 Å². The molecule has 2 aromatic rings. The second-order valence-corrected chi connectivity index (χ2v) is 6.67. The van der Waals surface area contributed by atoms with E-state index < -0.39 is 0 Å². The number of hydrogen-bond donors (Lipinski definition) is 1. The number of anilines is 1.